The number of nitrogens with zero attached hydrogens (tertiary/aromatic N) is 2. The minimum atomic E-state index is -5.49. The Labute approximate surface area is 324 Å². The molecule has 2 heterocycles. The second-order valence-corrected chi connectivity index (χ2v) is 15.1. The van der Waals surface area contributed by atoms with Crippen LogP contribution >= 0.6 is 0 Å². The van der Waals surface area contributed by atoms with E-state index in [1.807, 2.05) is 0 Å². The number of halogens is 9. The molecule has 0 radical (unpaired) electrons. The third-order valence-corrected chi connectivity index (χ3v) is 11.3. The van der Waals surface area contributed by atoms with Crippen LogP contribution in [0.4, 0.5) is 45.2 Å². The number of aliphatic hydroxyl groups is 2. The molecule has 306 valence electrons. The highest BCUT2D eigenvalue weighted by Crippen LogP contribution is 2.50. The lowest BCUT2D eigenvalue weighted by atomic mass is 9.74. The summed E-state index contributed by atoms with van der Waals surface area (Å²) in [7, 11) is 1.15. The highest BCUT2D eigenvalue weighted by Gasteiger charge is 2.57. The van der Waals surface area contributed by atoms with Gasteiger partial charge in [-0.05, 0) is 129 Å². The number of rotatable bonds is 6. The van der Waals surface area contributed by atoms with E-state index in [1.165, 1.54) is 26.8 Å². The predicted octanol–water partition coefficient (Wildman–Crippen LogP) is 8.71. The summed E-state index contributed by atoms with van der Waals surface area (Å²) >= 11 is 0. The number of carbonyl (C=O) groups excluding carboxylic acids is 4. The molecular formula is C41H33F9N2O6. The molecule has 0 bridgehead atoms. The molecule has 2 aliphatic heterocycles. The number of benzene rings is 4. The molecule has 3 unspecified atom stereocenters. The maximum Gasteiger partial charge on any atom is 0.421 e. The number of carbonyl (C=O) groups is 4. The number of imide groups is 2. The molecule has 0 saturated carbocycles. The van der Waals surface area contributed by atoms with Crippen LogP contribution in [0.2, 0.25) is 0 Å². The molecule has 8 nitrogen and oxygen atoms in total. The Morgan fingerprint density at radius 1 is 0.466 bits per heavy atom. The first-order chi connectivity index (χ1) is 26.4. The van der Waals surface area contributed by atoms with Crippen LogP contribution in [0, 0.1) is 20.8 Å². The van der Waals surface area contributed by atoms with E-state index in [2.05, 4.69) is 0 Å². The molecule has 17 heteroatoms. The molecule has 0 spiro atoms. The van der Waals surface area contributed by atoms with Crippen LogP contribution in [-0.4, -0.2) is 64.3 Å². The summed E-state index contributed by atoms with van der Waals surface area (Å²) in [5.41, 5.74) is -15.4. The number of hydrogen-bond acceptors (Lipinski definition) is 6. The fraction of sp³-hybridized carbons (Fsp3) is 0.317. The summed E-state index contributed by atoms with van der Waals surface area (Å²) in [6, 6.07) is 9.37. The standard InChI is InChI=1S/C41H33F9N2O6/c1-18-12-20(3)29(37(5,57)40(45,46)47)16-25(18)26-17-30(38(6,58)41(48,49)50)31(13-19(26)2)52-34(55)24-11-9-22(15-28(24)35(52)56)36(4,39(42,43)44)21-8-10-23-27(14-21)33(54)51(7)32(23)53/h8-17,57-58H,1-7H3. The lowest BCUT2D eigenvalue weighted by Crippen LogP contribution is -2.42. The van der Waals surface area contributed by atoms with Gasteiger partial charge in [-0.1, -0.05) is 18.2 Å². The van der Waals surface area contributed by atoms with E-state index < -0.39 is 97.8 Å². The number of fused-ring (bicyclic) bond motifs is 2. The smallest absolute Gasteiger partial charge is 0.376 e. The molecule has 0 aliphatic carbocycles. The van der Waals surface area contributed by atoms with Crippen LogP contribution in [0.25, 0.3) is 11.1 Å². The van der Waals surface area contributed by atoms with E-state index in [0.29, 0.717) is 13.8 Å². The number of anilines is 1. The van der Waals surface area contributed by atoms with Gasteiger partial charge in [0.15, 0.2) is 11.2 Å². The van der Waals surface area contributed by atoms with Gasteiger partial charge in [0.2, 0.25) is 0 Å². The molecule has 0 saturated heterocycles. The molecule has 2 N–H and O–H groups in total. The Morgan fingerprint density at radius 3 is 1.34 bits per heavy atom. The van der Waals surface area contributed by atoms with E-state index in [9.17, 15) is 55.7 Å². The number of alkyl halides is 9. The molecule has 4 amide bonds. The summed E-state index contributed by atoms with van der Waals surface area (Å²) in [5.74, 6) is -4.20. The van der Waals surface area contributed by atoms with E-state index >= 15 is 13.2 Å². The second-order valence-electron chi connectivity index (χ2n) is 15.1. The van der Waals surface area contributed by atoms with Crippen molar-refractivity contribution in [2.75, 3.05) is 11.9 Å². The molecule has 6 rings (SSSR count). The minimum Gasteiger partial charge on any atom is -0.376 e. The van der Waals surface area contributed by atoms with Crippen molar-refractivity contribution in [2.45, 2.75) is 76.7 Å². The highest BCUT2D eigenvalue weighted by molar-refractivity contribution is 6.35. The molecule has 4 aromatic carbocycles. The molecule has 58 heavy (non-hydrogen) atoms. The van der Waals surface area contributed by atoms with Crippen molar-refractivity contribution in [2.24, 2.45) is 0 Å². The van der Waals surface area contributed by atoms with E-state index in [0.717, 1.165) is 73.5 Å². The lowest BCUT2D eigenvalue weighted by Gasteiger charge is -2.33. The van der Waals surface area contributed by atoms with Gasteiger partial charge >= 0.3 is 18.5 Å². The molecular weight excluding hydrogens is 787 g/mol. The van der Waals surface area contributed by atoms with Crippen molar-refractivity contribution < 1.29 is 68.9 Å². The first kappa shape index (κ1) is 42.1. The quantitative estimate of drug-likeness (QED) is 0.149. The summed E-state index contributed by atoms with van der Waals surface area (Å²) in [4.78, 5) is 54.1. The Bertz CT molecular complexity index is 2480. The first-order valence-corrected chi connectivity index (χ1v) is 17.3. The van der Waals surface area contributed by atoms with Crippen LogP contribution < -0.4 is 4.90 Å². The van der Waals surface area contributed by atoms with Crippen molar-refractivity contribution in [3.8, 4) is 11.1 Å². The average Bonchev–Trinajstić information content (AvgIpc) is 3.48. The second kappa shape index (κ2) is 13.0. The van der Waals surface area contributed by atoms with Gasteiger partial charge in [-0.15, -0.1) is 0 Å². The lowest BCUT2D eigenvalue weighted by molar-refractivity contribution is -0.259. The van der Waals surface area contributed by atoms with Crippen LogP contribution in [0.5, 0.6) is 0 Å². The van der Waals surface area contributed by atoms with Crippen LogP contribution in [-0.2, 0) is 16.6 Å². The molecule has 4 aromatic rings. The summed E-state index contributed by atoms with van der Waals surface area (Å²) in [6.07, 6.45) is -15.8. The minimum absolute atomic E-state index is 0.000238. The van der Waals surface area contributed by atoms with Gasteiger partial charge in [0.05, 0.1) is 27.9 Å². The number of hydrogen-bond donors (Lipinski definition) is 2. The van der Waals surface area contributed by atoms with Crippen molar-refractivity contribution in [1.82, 2.24) is 4.90 Å². The Kier molecular flexibility index (Phi) is 9.41. The van der Waals surface area contributed by atoms with Crippen LogP contribution in [0.3, 0.4) is 0 Å². The van der Waals surface area contributed by atoms with Crippen LogP contribution in [0.15, 0.2) is 60.7 Å². The third kappa shape index (κ3) is 6.00. The van der Waals surface area contributed by atoms with Crippen molar-refractivity contribution >= 4 is 29.3 Å². The van der Waals surface area contributed by atoms with E-state index in [1.54, 1.807) is 0 Å². The topological polar surface area (TPSA) is 115 Å². The average molecular weight is 821 g/mol. The maximum absolute atomic E-state index is 15.1. The van der Waals surface area contributed by atoms with Gasteiger partial charge in [0.25, 0.3) is 23.6 Å². The third-order valence-electron chi connectivity index (χ3n) is 11.3. The van der Waals surface area contributed by atoms with Gasteiger partial charge in [-0.25, -0.2) is 4.90 Å². The molecule has 3 atom stereocenters. The van der Waals surface area contributed by atoms with Gasteiger partial charge < -0.3 is 10.2 Å². The van der Waals surface area contributed by atoms with Crippen LogP contribution in [0.1, 0.15) is 101 Å². The summed E-state index contributed by atoms with van der Waals surface area (Å²) < 4.78 is 131. The normalized spacial score (nSPS) is 18.0. The zero-order chi connectivity index (χ0) is 43.6. The van der Waals surface area contributed by atoms with Gasteiger partial charge in [-0.3, -0.25) is 24.1 Å². The number of aryl methyl sites for hydroxylation is 3. The zero-order valence-electron chi connectivity index (χ0n) is 31.6. The molecule has 0 aromatic heterocycles. The molecule has 2 aliphatic rings. The van der Waals surface area contributed by atoms with E-state index in [4.69, 9.17) is 0 Å². The monoisotopic (exact) mass is 820 g/mol. The van der Waals surface area contributed by atoms with Gasteiger partial charge in [0.1, 0.15) is 5.41 Å². The fourth-order valence-corrected chi connectivity index (χ4v) is 7.47. The van der Waals surface area contributed by atoms with Crippen molar-refractivity contribution in [1.29, 1.82) is 0 Å². The fourth-order valence-electron chi connectivity index (χ4n) is 7.47. The Hall–Kier alpha value is -5.55. The van der Waals surface area contributed by atoms with E-state index in [-0.39, 0.29) is 43.8 Å². The first-order valence-electron chi connectivity index (χ1n) is 17.3. The Morgan fingerprint density at radius 2 is 0.862 bits per heavy atom. The maximum atomic E-state index is 15.1. The SMILES string of the molecule is Cc1cc(C)c(C(C)(O)C(F)(F)F)cc1-c1cc(C(C)(O)C(F)(F)F)c(N2C(=O)c3ccc(C(C)(c4ccc5c(c4)C(=O)N(C)C5=O)C(F)(F)F)cc3C2=O)cc1C. The Balaban J connectivity index is 1.53. The largest absolute Gasteiger partial charge is 0.421 e. The summed E-state index contributed by atoms with van der Waals surface area (Å²) in [6.45, 7) is 5.61. The predicted molar refractivity (Wildman–Crippen MR) is 190 cm³/mol. The van der Waals surface area contributed by atoms with Gasteiger partial charge in [0, 0.05) is 12.6 Å². The number of amides is 4. The highest BCUT2D eigenvalue weighted by atomic mass is 19.4. The molecule has 0 fully saturated rings. The van der Waals surface area contributed by atoms with Crippen molar-refractivity contribution in [3.05, 3.63) is 122 Å². The van der Waals surface area contributed by atoms with Crippen molar-refractivity contribution in [3.63, 3.8) is 0 Å². The van der Waals surface area contributed by atoms with Gasteiger partial charge in [-0.2, -0.15) is 39.5 Å². The zero-order valence-corrected chi connectivity index (χ0v) is 31.6. The summed E-state index contributed by atoms with van der Waals surface area (Å²) in [5, 5.41) is 21.6.